The maximum Gasteiger partial charge on any atom is 0.258 e. The Kier molecular flexibility index (Phi) is 5.52. The van der Waals surface area contributed by atoms with E-state index in [9.17, 15) is 9.59 Å². The molecule has 3 aromatic carbocycles. The predicted molar refractivity (Wildman–Crippen MR) is 133 cm³/mol. The quantitative estimate of drug-likeness (QED) is 0.383. The van der Waals surface area contributed by atoms with Gasteiger partial charge in [-0.1, -0.05) is 71.7 Å². The average Bonchev–Trinajstić information content (AvgIpc) is 3.24. The number of pyridine rings is 1. The number of carbonyl (C=O) groups is 1. The Balaban J connectivity index is 1.76. The smallest absolute Gasteiger partial charge is 0.258 e. The fourth-order valence-electron chi connectivity index (χ4n) is 4.38. The highest BCUT2D eigenvalue weighted by Gasteiger charge is 2.35. The summed E-state index contributed by atoms with van der Waals surface area (Å²) in [5.41, 5.74) is 3.74. The number of amides is 1. The van der Waals surface area contributed by atoms with Crippen LogP contribution >= 0.6 is 23.2 Å². The molecule has 0 saturated heterocycles. The number of aromatic amines is 1. The monoisotopic (exact) mass is 475 g/mol. The number of carbonyl (C=O) groups excluding carboxylic acids is 1. The third-order valence-electron chi connectivity index (χ3n) is 5.82. The van der Waals surface area contributed by atoms with Gasteiger partial charge in [0, 0.05) is 39.9 Å². The predicted octanol–water partition coefficient (Wildman–Crippen LogP) is 6.20. The van der Waals surface area contributed by atoms with Crippen LogP contribution in [0.3, 0.4) is 0 Å². The zero-order chi connectivity index (χ0) is 23.1. The van der Waals surface area contributed by atoms with E-state index >= 15 is 0 Å². The first kappa shape index (κ1) is 21.4. The number of H-pyrrole nitrogens is 1. The lowest BCUT2D eigenvalue weighted by atomic mass is 9.91. The van der Waals surface area contributed by atoms with E-state index in [-0.39, 0.29) is 11.5 Å². The minimum absolute atomic E-state index is 0.226. The maximum atomic E-state index is 13.4. The van der Waals surface area contributed by atoms with Gasteiger partial charge in [0.05, 0.1) is 17.3 Å². The van der Waals surface area contributed by atoms with Crippen molar-refractivity contribution in [2.24, 2.45) is 5.10 Å². The average molecular weight is 476 g/mol. The van der Waals surface area contributed by atoms with Crippen molar-refractivity contribution in [3.05, 3.63) is 104 Å². The van der Waals surface area contributed by atoms with Gasteiger partial charge < -0.3 is 4.98 Å². The van der Waals surface area contributed by atoms with Gasteiger partial charge in [-0.3, -0.25) is 9.59 Å². The highest BCUT2D eigenvalue weighted by Crippen LogP contribution is 2.39. The van der Waals surface area contributed by atoms with Gasteiger partial charge in [-0.05, 0) is 35.4 Å². The summed E-state index contributed by atoms with van der Waals surface area (Å²) in [6.07, 6.45) is 0.359. The lowest BCUT2D eigenvalue weighted by molar-refractivity contribution is -0.130. The Morgan fingerprint density at radius 1 is 1.00 bits per heavy atom. The third kappa shape index (κ3) is 3.84. The molecule has 0 saturated carbocycles. The van der Waals surface area contributed by atoms with Crippen LogP contribution in [0.25, 0.3) is 22.0 Å². The van der Waals surface area contributed by atoms with Crippen molar-refractivity contribution in [1.29, 1.82) is 0 Å². The van der Waals surface area contributed by atoms with Crippen LogP contribution in [0.5, 0.6) is 0 Å². The number of nitrogens with one attached hydrogen (secondary N) is 1. The van der Waals surface area contributed by atoms with Crippen molar-refractivity contribution in [2.45, 2.75) is 19.4 Å². The molecule has 1 aromatic heterocycles. The second-order valence-corrected chi connectivity index (χ2v) is 8.76. The normalized spacial score (nSPS) is 15.7. The minimum atomic E-state index is -0.399. The molecule has 1 unspecified atom stereocenters. The second-order valence-electron chi connectivity index (χ2n) is 7.91. The van der Waals surface area contributed by atoms with Crippen molar-refractivity contribution in [2.75, 3.05) is 0 Å². The Hall–Kier alpha value is -3.41. The number of hydrazone groups is 1. The highest BCUT2D eigenvalue weighted by atomic mass is 35.5. The van der Waals surface area contributed by atoms with Gasteiger partial charge >= 0.3 is 0 Å². The lowest BCUT2D eigenvalue weighted by Crippen LogP contribution is -2.24. The molecule has 0 spiro atoms. The largest absolute Gasteiger partial charge is 0.321 e. The van der Waals surface area contributed by atoms with Crippen LogP contribution in [-0.2, 0) is 4.79 Å². The molecule has 5 rings (SSSR count). The van der Waals surface area contributed by atoms with E-state index in [2.05, 4.69) is 10.1 Å². The Bertz CT molecular complexity index is 1480. The number of fused-ring (bicyclic) bond motifs is 1. The molecular weight excluding hydrogens is 457 g/mol. The van der Waals surface area contributed by atoms with Gasteiger partial charge in [0.25, 0.3) is 5.56 Å². The first-order valence-corrected chi connectivity index (χ1v) is 11.2. The van der Waals surface area contributed by atoms with Crippen molar-refractivity contribution in [1.82, 2.24) is 9.99 Å². The van der Waals surface area contributed by atoms with E-state index < -0.39 is 6.04 Å². The first-order valence-electron chi connectivity index (χ1n) is 10.5. The molecule has 33 heavy (non-hydrogen) atoms. The molecule has 0 bridgehead atoms. The van der Waals surface area contributed by atoms with E-state index in [1.54, 1.807) is 18.2 Å². The van der Waals surface area contributed by atoms with E-state index in [0.29, 0.717) is 33.3 Å². The number of hydrogen-bond donors (Lipinski definition) is 1. The summed E-state index contributed by atoms with van der Waals surface area (Å²) in [7, 11) is 0. The molecule has 0 aliphatic carbocycles. The number of halogens is 2. The van der Waals surface area contributed by atoms with Crippen LogP contribution in [0, 0.1) is 0 Å². The molecule has 2 heterocycles. The van der Waals surface area contributed by atoms with E-state index in [1.807, 2.05) is 54.6 Å². The first-order chi connectivity index (χ1) is 15.9. The summed E-state index contributed by atoms with van der Waals surface area (Å²) in [5.74, 6) is -0.226. The molecule has 5 nitrogen and oxygen atoms in total. The highest BCUT2D eigenvalue weighted by molar-refractivity contribution is 6.32. The lowest BCUT2D eigenvalue weighted by Gasteiger charge is -2.21. The van der Waals surface area contributed by atoms with Gasteiger partial charge in [0.15, 0.2) is 0 Å². The van der Waals surface area contributed by atoms with Crippen molar-refractivity contribution >= 4 is 45.7 Å². The maximum absolute atomic E-state index is 13.4. The molecule has 164 valence electrons. The summed E-state index contributed by atoms with van der Waals surface area (Å²) in [4.78, 5) is 28.8. The van der Waals surface area contributed by atoms with Crippen LogP contribution in [-0.4, -0.2) is 21.6 Å². The summed E-state index contributed by atoms with van der Waals surface area (Å²) < 4.78 is 0. The fourth-order valence-corrected chi connectivity index (χ4v) is 4.82. The van der Waals surface area contributed by atoms with Gasteiger partial charge in [-0.2, -0.15) is 5.10 Å². The van der Waals surface area contributed by atoms with E-state index in [0.717, 1.165) is 22.1 Å². The SMILES string of the molecule is CC(=O)N1N=C(c2c(-c3ccccc3)c3cc(Cl)ccc3[nH]c2=O)CC1c1ccccc1Cl. The molecular formula is C26H19Cl2N3O2. The van der Waals surface area contributed by atoms with Crippen LogP contribution < -0.4 is 5.56 Å². The summed E-state index contributed by atoms with van der Waals surface area (Å²) in [5, 5.41) is 7.95. The second kappa shape index (κ2) is 8.50. The Labute approximate surface area is 200 Å². The van der Waals surface area contributed by atoms with Gasteiger partial charge in [-0.25, -0.2) is 5.01 Å². The van der Waals surface area contributed by atoms with Gasteiger partial charge in [-0.15, -0.1) is 0 Å². The number of nitrogens with zero attached hydrogens (tertiary/aromatic N) is 2. The molecule has 1 atom stereocenters. The van der Waals surface area contributed by atoms with Crippen molar-refractivity contribution in [3.8, 4) is 11.1 Å². The Morgan fingerprint density at radius 3 is 2.45 bits per heavy atom. The fraction of sp³-hybridized carbons (Fsp3) is 0.115. The number of aromatic nitrogens is 1. The molecule has 1 amide bonds. The molecule has 1 aliphatic rings. The summed E-state index contributed by atoms with van der Waals surface area (Å²) in [6.45, 7) is 1.46. The van der Waals surface area contributed by atoms with E-state index in [4.69, 9.17) is 23.2 Å². The van der Waals surface area contributed by atoms with Crippen LogP contribution in [0.4, 0.5) is 0 Å². The molecule has 7 heteroatoms. The standard InChI is InChI=1S/C26H19Cl2N3O2/c1-15(32)31-23(18-9-5-6-10-20(18)28)14-22(30-31)25-24(16-7-3-2-4-8-16)19-13-17(27)11-12-21(19)29-26(25)33/h2-13,23H,14H2,1H3,(H,29,33). The Morgan fingerprint density at radius 2 is 1.73 bits per heavy atom. The molecule has 0 fully saturated rings. The van der Waals surface area contributed by atoms with Gasteiger partial charge in [0.1, 0.15) is 0 Å². The summed E-state index contributed by atoms with van der Waals surface area (Å²) >= 11 is 12.8. The molecule has 1 N–H and O–H groups in total. The van der Waals surface area contributed by atoms with Crippen molar-refractivity contribution < 1.29 is 4.79 Å². The topological polar surface area (TPSA) is 65.5 Å². The zero-order valence-corrected chi connectivity index (χ0v) is 19.2. The zero-order valence-electron chi connectivity index (χ0n) is 17.7. The van der Waals surface area contributed by atoms with E-state index in [1.165, 1.54) is 11.9 Å². The van der Waals surface area contributed by atoms with Crippen LogP contribution in [0.1, 0.15) is 30.5 Å². The van der Waals surface area contributed by atoms with Crippen LogP contribution in [0.15, 0.2) is 82.7 Å². The molecule has 4 aromatic rings. The number of rotatable bonds is 3. The third-order valence-corrected chi connectivity index (χ3v) is 6.40. The molecule has 1 aliphatic heterocycles. The van der Waals surface area contributed by atoms with Crippen LogP contribution in [0.2, 0.25) is 10.0 Å². The number of benzene rings is 3. The number of hydrogen-bond acceptors (Lipinski definition) is 3. The summed E-state index contributed by atoms with van der Waals surface area (Å²) in [6, 6.07) is 22.0. The molecule has 0 radical (unpaired) electrons. The minimum Gasteiger partial charge on any atom is -0.321 e. The van der Waals surface area contributed by atoms with Gasteiger partial charge in [0.2, 0.25) is 5.91 Å². The van der Waals surface area contributed by atoms with Crippen molar-refractivity contribution in [3.63, 3.8) is 0 Å².